The molecule has 5 heteroatoms. The van der Waals surface area contributed by atoms with Crippen LogP contribution in [-0.4, -0.2) is 16.3 Å². The molecule has 21 heavy (non-hydrogen) atoms. The van der Waals surface area contributed by atoms with Crippen molar-refractivity contribution in [1.82, 2.24) is 15.1 Å². The molecular weight excluding hydrogens is 289 g/mol. The summed E-state index contributed by atoms with van der Waals surface area (Å²) in [5.74, 6) is -0.332. The molecule has 0 aliphatic rings. The molecule has 0 spiro atoms. The van der Waals surface area contributed by atoms with E-state index in [0.29, 0.717) is 12.0 Å². The molecule has 1 unspecified atom stereocenters. The molecule has 3 nitrogen and oxygen atoms in total. The van der Waals surface area contributed by atoms with Crippen molar-refractivity contribution in [3.63, 3.8) is 0 Å². The third kappa shape index (κ3) is 3.63. The molecule has 1 atom stereocenters. The average Bonchev–Trinajstić information content (AvgIpc) is 2.84. The van der Waals surface area contributed by atoms with E-state index in [4.69, 9.17) is 11.6 Å². The maximum atomic E-state index is 14.1. The Kier molecular flexibility index (Phi) is 5.37. The molecule has 2 aromatic rings. The summed E-state index contributed by atoms with van der Waals surface area (Å²) in [5, 5.41) is 8.05. The van der Waals surface area contributed by atoms with Crippen molar-refractivity contribution in [2.45, 2.75) is 39.8 Å². The molecule has 0 saturated heterocycles. The van der Waals surface area contributed by atoms with Crippen LogP contribution in [0.4, 0.5) is 4.39 Å². The number of hydrogen-bond donors (Lipinski definition) is 1. The number of likely N-dealkylation sites (N-methyl/N-ethyl adjacent to an activating group) is 1. The second kappa shape index (κ2) is 7.05. The fourth-order valence-electron chi connectivity index (χ4n) is 2.55. The maximum Gasteiger partial charge on any atom is 0.145 e. The van der Waals surface area contributed by atoms with Gasteiger partial charge in [-0.1, -0.05) is 30.7 Å². The van der Waals surface area contributed by atoms with Crippen LogP contribution in [0, 0.1) is 12.7 Å². The van der Waals surface area contributed by atoms with E-state index in [1.165, 1.54) is 0 Å². The third-order valence-electron chi connectivity index (χ3n) is 3.50. The van der Waals surface area contributed by atoms with E-state index in [2.05, 4.69) is 23.4 Å². The quantitative estimate of drug-likeness (QED) is 0.877. The Morgan fingerprint density at radius 1 is 1.38 bits per heavy atom. The molecule has 0 amide bonds. The lowest BCUT2D eigenvalue weighted by atomic mass is 10.0. The van der Waals surface area contributed by atoms with Crippen molar-refractivity contribution in [2.75, 3.05) is 6.54 Å². The molecule has 0 aliphatic heterocycles. The van der Waals surface area contributed by atoms with E-state index in [1.54, 1.807) is 18.2 Å². The Bertz CT molecular complexity index is 610. The van der Waals surface area contributed by atoms with Crippen LogP contribution in [0.1, 0.15) is 36.8 Å². The molecule has 1 N–H and O–H groups in total. The lowest BCUT2D eigenvalue weighted by molar-refractivity contribution is 0.480. The van der Waals surface area contributed by atoms with Gasteiger partial charge in [-0.05, 0) is 44.5 Å². The molecule has 1 aromatic heterocycles. The number of hydrogen-bond acceptors (Lipinski definition) is 2. The van der Waals surface area contributed by atoms with Crippen LogP contribution in [0.25, 0.3) is 0 Å². The fraction of sp³-hybridized carbons (Fsp3) is 0.438. The molecule has 1 heterocycles. The highest BCUT2D eigenvalue weighted by Crippen LogP contribution is 2.24. The van der Waals surface area contributed by atoms with Crippen molar-refractivity contribution in [3.8, 4) is 0 Å². The minimum Gasteiger partial charge on any atom is -0.309 e. The van der Waals surface area contributed by atoms with Gasteiger partial charge in [0.2, 0.25) is 0 Å². The third-order valence-corrected chi connectivity index (χ3v) is 3.79. The standard InChI is InChI=1S/C16H21ClFN3/c1-4-19-14(15-9-11(3)20-21(15)5-2)10-12-7-6-8-13(17)16(12)18/h6-9,14,19H,4-5,10H2,1-3H3. The fourth-order valence-corrected chi connectivity index (χ4v) is 2.75. The number of benzene rings is 1. The van der Waals surface area contributed by atoms with Crippen molar-refractivity contribution < 1.29 is 4.39 Å². The van der Waals surface area contributed by atoms with Crippen molar-refractivity contribution in [1.29, 1.82) is 0 Å². The smallest absolute Gasteiger partial charge is 0.145 e. The molecule has 0 fully saturated rings. The zero-order valence-electron chi connectivity index (χ0n) is 12.7. The molecule has 0 aliphatic carbocycles. The van der Waals surface area contributed by atoms with Crippen LogP contribution < -0.4 is 5.32 Å². The van der Waals surface area contributed by atoms with Crippen molar-refractivity contribution in [2.24, 2.45) is 0 Å². The van der Waals surface area contributed by atoms with Crippen LogP contribution in [0.15, 0.2) is 24.3 Å². The van der Waals surface area contributed by atoms with Gasteiger partial charge in [0, 0.05) is 6.54 Å². The van der Waals surface area contributed by atoms with Crippen LogP contribution >= 0.6 is 11.6 Å². The Morgan fingerprint density at radius 2 is 2.14 bits per heavy atom. The number of nitrogens with one attached hydrogen (secondary N) is 1. The molecule has 1 aromatic carbocycles. The summed E-state index contributed by atoms with van der Waals surface area (Å²) in [4.78, 5) is 0. The van der Waals surface area contributed by atoms with Gasteiger partial charge >= 0.3 is 0 Å². The first-order valence-corrected chi connectivity index (χ1v) is 7.65. The van der Waals surface area contributed by atoms with Gasteiger partial charge in [0.15, 0.2) is 0 Å². The first-order valence-electron chi connectivity index (χ1n) is 7.27. The number of aromatic nitrogens is 2. The van der Waals surface area contributed by atoms with E-state index < -0.39 is 0 Å². The van der Waals surface area contributed by atoms with Crippen molar-refractivity contribution >= 4 is 11.6 Å². The van der Waals surface area contributed by atoms with Crippen LogP contribution in [-0.2, 0) is 13.0 Å². The molecule has 0 bridgehead atoms. The Balaban J connectivity index is 2.32. The molecular formula is C16H21ClFN3. The monoisotopic (exact) mass is 309 g/mol. The number of nitrogens with zero attached hydrogens (tertiary/aromatic N) is 2. The number of rotatable bonds is 6. The van der Waals surface area contributed by atoms with Crippen LogP contribution in [0.2, 0.25) is 5.02 Å². The van der Waals surface area contributed by atoms with Gasteiger partial charge in [0.05, 0.1) is 22.5 Å². The summed E-state index contributed by atoms with van der Waals surface area (Å²) in [6.45, 7) is 7.67. The predicted octanol–water partition coefficient (Wildman–Crippen LogP) is 3.90. The van der Waals surface area contributed by atoms with Gasteiger partial charge in [-0.25, -0.2) is 4.39 Å². The van der Waals surface area contributed by atoms with Gasteiger partial charge < -0.3 is 5.32 Å². The minimum atomic E-state index is -0.332. The van der Waals surface area contributed by atoms with Gasteiger partial charge in [-0.15, -0.1) is 0 Å². The predicted molar refractivity (Wildman–Crippen MR) is 84.2 cm³/mol. The Morgan fingerprint density at radius 3 is 2.81 bits per heavy atom. The maximum absolute atomic E-state index is 14.1. The summed E-state index contributed by atoms with van der Waals surface area (Å²) in [7, 11) is 0. The summed E-state index contributed by atoms with van der Waals surface area (Å²) in [6, 6.07) is 7.21. The summed E-state index contributed by atoms with van der Waals surface area (Å²) >= 11 is 5.87. The lowest BCUT2D eigenvalue weighted by Crippen LogP contribution is -2.26. The summed E-state index contributed by atoms with van der Waals surface area (Å²) < 4.78 is 16.1. The highest BCUT2D eigenvalue weighted by Gasteiger charge is 2.19. The molecule has 0 radical (unpaired) electrons. The van der Waals surface area contributed by atoms with E-state index in [-0.39, 0.29) is 16.9 Å². The highest BCUT2D eigenvalue weighted by atomic mass is 35.5. The summed E-state index contributed by atoms with van der Waals surface area (Å²) in [6.07, 6.45) is 0.547. The zero-order valence-corrected chi connectivity index (χ0v) is 13.4. The van der Waals surface area contributed by atoms with Crippen LogP contribution in [0.5, 0.6) is 0 Å². The summed E-state index contributed by atoms with van der Waals surface area (Å²) in [5.41, 5.74) is 2.67. The Hall–Kier alpha value is -1.39. The Labute approximate surface area is 130 Å². The van der Waals surface area contributed by atoms with Crippen molar-refractivity contribution in [3.05, 3.63) is 52.1 Å². The second-order valence-electron chi connectivity index (χ2n) is 5.05. The lowest BCUT2D eigenvalue weighted by Gasteiger charge is -2.19. The topological polar surface area (TPSA) is 29.9 Å². The molecule has 2 rings (SSSR count). The number of aryl methyl sites for hydroxylation is 2. The SMILES string of the molecule is CCNC(Cc1cccc(Cl)c1F)c1cc(C)nn1CC. The number of halogens is 2. The van der Waals surface area contributed by atoms with E-state index in [1.807, 2.05) is 18.5 Å². The second-order valence-corrected chi connectivity index (χ2v) is 5.46. The largest absolute Gasteiger partial charge is 0.309 e. The van der Waals surface area contributed by atoms with Gasteiger partial charge in [0.25, 0.3) is 0 Å². The normalized spacial score (nSPS) is 12.6. The highest BCUT2D eigenvalue weighted by molar-refractivity contribution is 6.30. The minimum absolute atomic E-state index is 0.0177. The van der Waals surface area contributed by atoms with Gasteiger partial charge in [0.1, 0.15) is 5.82 Å². The zero-order chi connectivity index (χ0) is 15.4. The van der Waals surface area contributed by atoms with E-state index in [0.717, 1.165) is 24.5 Å². The molecule has 114 valence electrons. The average molecular weight is 310 g/mol. The van der Waals surface area contributed by atoms with Gasteiger partial charge in [-0.2, -0.15) is 5.10 Å². The molecule has 0 saturated carbocycles. The van der Waals surface area contributed by atoms with Crippen LogP contribution in [0.3, 0.4) is 0 Å². The van der Waals surface area contributed by atoms with E-state index >= 15 is 0 Å². The first-order chi connectivity index (χ1) is 10.1. The van der Waals surface area contributed by atoms with E-state index in [9.17, 15) is 4.39 Å². The van der Waals surface area contributed by atoms with Gasteiger partial charge in [-0.3, -0.25) is 4.68 Å². The first kappa shape index (κ1) is 16.0.